The molecule has 4 atom stereocenters. The molecule has 2 N–H and O–H groups in total. The first-order valence-electron chi connectivity index (χ1n) is 7.41. The van der Waals surface area contributed by atoms with Gasteiger partial charge < -0.3 is 10.6 Å². The molecule has 1 saturated heterocycles. The molecule has 21 heavy (non-hydrogen) atoms. The van der Waals surface area contributed by atoms with Crippen molar-refractivity contribution in [2.75, 3.05) is 13.1 Å². The van der Waals surface area contributed by atoms with Gasteiger partial charge in [0.2, 0.25) is 5.91 Å². The normalized spacial score (nSPS) is 31.1. The van der Waals surface area contributed by atoms with Crippen LogP contribution in [0.2, 0.25) is 5.02 Å². The predicted molar refractivity (Wildman–Crippen MR) is 88.1 cm³/mol. The van der Waals surface area contributed by atoms with Crippen LogP contribution in [0.3, 0.4) is 0 Å². The highest BCUT2D eigenvalue weighted by molar-refractivity contribution is 6.30. The molecule has 1 aliphatic carbocycles. The molecule has 0 bridgehead atoms. The van der Waals surface area contributed by atoms with Crippen LogP contribution in [-0.4, -0.2) is 25.0 Å². The van der Waals surface area contributed by atoms with Gasteiger partial charge in [0.1, 0.15) is 0 Å². The van der Waals surface area contributed by atoms with Gasteiger partial charge in [-0.3, -0.25) is 4.79 Å². The molecular weight excluding hydrogens is 307 g/mol. The average Bonchev–Trinajstić information content (AvgIpc) is 3.22. The Morgan fingerprint density at radius 3 is 2.95 bits per heavy atom. The van der Waals surface area contributed by atoms with E-state index in [-0.39, 0.29) is 24.2 Å². The van der Waals surface area contributed by atoms with Gasteiger partial charge in [-0.25, -0.2) is 0 Å². The van der Waals surface area contributed by atoms with Crippen LogP contribution < -0.4 is 10.6 Å². The molecule has 0 radical (unpaired) electrons. The van der Waals surface area contributed by atoms with Gasteiger partial charge in [-0.2, -0.15) is 0 Å². The molecule has 1 saturated carbocycles. The first-order chi connectivity index (χ1) is 9.65. The van der Waals surface area contributed by atoms with E-state index in [4.69, 9.17) is 11.6 Å². The van der Waals surface area contributed by atoms with E-state index in [2.05, 4.69) is 23.6 Å². The molecule has 0 spiro atoms. The third kappa shape index (κ3) is 3.91. The number of hydrogen-bond donors (Lipinski definition) is 2. The fourth-order valence-corrected chi connectivity index (χ4v) is 3.31. The second-order valence-corrected chi connectivity index (χ2v) is 6.53. The van der Waals surface area contributed by atoms with E-state index in [0.717, 1.165) is 31.0 Å². The lowest BCUT2D eigenvalue weighted by atomic mass is 9.95. The Kier molecular flexibility index (Phi) is 5.53. The molecule has 2 fully saturated rings. The van der Waals surface area contributed by atoms with Gasteiger partial charge in [0, 0.05) is 17.0 Å². The summed E-state index contributed by atoms with van der Waals surface area (Å²) in [6.07, 6.45) is 1.98. The zero-order chi connectivity index (χ0) is 14.1. The summed E-state index contributed by atoms with van der Waals surface area (Å²) in [5.41, 5.74) is 1.19. The van der Waals surface area contributed by atoms with Crippen LogP contribution in [0.4, 0.5) is 0 Å². The summed E-state index contributed by atoms with van der Waals surface area (Å²) in [7, 11) is 0. The van der Waals surface area contributed by atoms with Gasteiger partial charge in [0.25, 0.3) is 0 Å². The third-order valence-corrected chi connectivity index (χ3v) is 4.75. The Balaban J connectivity index is 0.00000161. The van der Waals surface area contributed by atoms with E-state index >= 15 is 0 Å². The van der Waals surface area contributed by atoms with Crippen molar-refractivity contribution in [3.05, 3.63) is 34.9 Å². The van der Waals surface area contributed by atoms with Crippen molar-refractivity contribution in [2.24, 2.45) is 11.8 Å². The Bertz CT molecular complexity index is 509. The quantitative estimate of drug-likeness (QED) is 0.895. The molecule has 2 aliphatic rings. The highest BCUT2D eigenvalue weighted by Crippen LogP contribution is 2.48. The lowest BCUT2D eigenvalue weighted by Crippen LogP contribution is -2.48. The number of benzene rings is 1. The zero-order valence-corrected chi connectivity index (χ0v) is 13.7. The third-order valence-electron chi connectivity index (χ3n) is 4.52. The highest BCUT2D eigenvalue weighted by Gasteiger charge is 2.44. The number of carbonyl (C=O) groups is 1. The standard InChI is InChI=1S/C16H21ClN2O.ClH/c1-10-9-18-6-5-15(10)19-16(20)14-8-13(14)11-3-2-4-12(17)7-11;/h2-4,7,10,13-15,18H,5-6,8-9H2,1H3,(H,19,20);1H. The van der Waals surface area contributed by atoms with Crippen LogP contribution >= 0.6 is 24.0 Å². The van der Waals surface area contributed by atoms with Crippen LogP contribution in [-0.2, 0) is 4.79 Å². The van der Waals surface area contributed by atoms with E-state index in [1.54, 1.807) is 0 Å². The zero-order valence-electron chi connectivity index (χ0n) is 12.1. The molecule has 1 amide bonds. The lowest BCUT2D eigenvalue weighted by molar-refractivity contribution is -0.123. The van der Waals surface area contributed by atoms with Crippen molar-refractivity contribution in [1.29, 1.82) is 0 Å². The molecule has 1 heterocycles. The summed E-state index contributed by atoms with van der Waals surface area (Å²) in [5.74, 6) is 1.21. The first kappa shape index (κ1) is 16.6. The SMILES string of the molecule is CC1CNCCC1NC(=O)C1CC1c1cccc(Cl)c1.Cl. The summed E-state index contributed by atoms with van der Waals surface area (Å²) in [6, 6.07) is 8.20. The van der Waals surface area contributed by atoms with Gasteiger partial charge in [0.05, 0.1) is 0 Å². The van der Waals surface area contributed by atoms with Crippen molar-refractivity contribution in [1.82, 2.24) is 10.6 Å². The minimum absolute atomic E-state index is 0. The molecule has 1 aromatic carbocycles. The van der Waals surface area contributed by atoms with Gasteiger partial charge in [-0.15, -0.1) is 12.4 Å². The molecular formula is C16H22Cl2N2O. The van der Waals surface area contributed by atoms with Gasteiger partial charge >= 0.3 is 0 Å². The number of amides is 1. The molecule has 3 nitrogen and oxygen atoms in total. The van der Waals surface area contributed by atoms with Crippen LogP contribution in [0.1, 0.15) is 31.2 Å². The fraction of sp³-hybridized carbons (Fsp3) is 0.562. The fourth-order valence-electron chi connectivity index (χ4n) is 3.11. The maximum Gasteiger partial charge on any atom is 0.223 e. The van der Waals surface area contributed by atoms with E-state index in [0.29, 0.717) is 17.9 Å². The van der Waals surface area contributed by atoms with Crippen LogP contribution in [0.5, 0.6) is 0 Å². The summed E-state index contributed by atoms with van der Waals surface area (Å²) < 4.78 is 0. The number of halogens is 2. The molecule has 4 unspecified atom stereocenters. The van der Waals surface area contributed by atoms with E-state index in [1.807, 2.05) is 18.2 Å². The van der Waals surface area contributed by atoms with Crippen LogP contribution in [0.15, 0.2) is 24.3 Å². The monoisotopic (exact) mass is 328 g/mol. The summed E-state index contributed by atoms with van der Waals surface area (Å²) in [6.45, 7) is 4.18. The summed E-state index contributed by atoms with van der Waals surface area (Å²) in [5, 5.41) is 7.34. The maximum absolute atomic E-state index is 12.3. The van der Waals surface area contributed by atoms with E-state index < -0.39 is 0 Å². The molecule has 1 aliphatic heterocycles. The van der Waals surface area contributed by atoms with Gasteiger partial charge in [-0.1, -0.05) is 30.7 Å². The summed E-state index contributed by atoms with van der Waals surface area (Å²) in [4.78, 5) is 12.3. The Labute approximate surface area is 137 Å². The Morgan fingerprint density at radius 2 is 2.24 bits per heavy atom. The molecule has 0 aromatic heterocycles. The van der Waals surface area contributed by atoms with Crippen molar-refractivity contribution in [2.45, 2.75) is 31.7 Å². The van der Waals surface area contributed by atoms with Crippen LogP contribution in [0.25, 0.3) is 0 Å². The molecule has 3 rings (SSSR count). The minimum atomic E-state index is 0. The van der Waals surface area contributed by atoms with E-state index in [1.165, 1.54) is 5.56 Å². The highest BCUT2D eigenvalue weighted by atomic mass is 35.5. The second kappa shape index (κ2) is 6.99. The number of nitrogens with one attached hydrogen (secondary N) is 2. The van der Waals surface area contributed by atoms with Crippen molar-refractivity contribution in [3.63, 3.8) is 0 Å². The topological polar surface area (TPSA) is 41.1 Å². The number of piperidine rings is 1. The minimum Gasteiger partial charge on any atom is -0.353 e. The maximum atomic E-state index is 12.3. The van der Waals surface area contributed by atoms with Crippen molar-refractivity contribution >= 4 is 29.9 Å². The smallest absolute Gasteiger partial charge is 0.223 e. The van der Waals surface area contributed by atoms with E-state index in [9.17, 15) is 4.79 Å². The average molecular weight is 329 g/mol. The predicted octanol–water partition coefficient (Wildman–Crippen LogP) is 2.98. The number of hydrogen-bond acceptors (Lipinski definition) is 2. The molecule has 1 aromatic rings. The van der Waals surface area contributed by atoms with Gasteiger partial charge in [0.15, 0.2) is 0 Å². The second-order valence-electron chi connectivity index (χ2n) is 6.09. The first-order valence-corrected chi connectivity index (χ1v) is 7.79. The molecule has 5 heteroatoms. The van der Waals surface area contributed by atoms with Crippen molar-refractivity contribution < 1.29 is 4.79 Å². The number of carbonyl (C=O) groups excluding carboxylic acids is 1. The largest absolute Gasteiger partial charge is 0.353 e. The van der Waals surface area contributed by atoms with Crippen molar-refractivity contribution in [3.8, 4) is 0 Å². The summed E-state index contributed by atoms with van der Waals surface area (Å²) >= 11 is 6.01. The Morgan fingerprint density at radius 1 is 1.43 bits per heavy atom. The van der Waals surface area contributed by atoms with Gasteiger partial charge in [-0.05, 0) is 55.5 Å². The molecule has 116 valence electrons. The van der Waals surface area contributed by atoms with Crippen LogP contribution in [0, 0.1) is 11.8 Å². The number of rotatable bonds is 3. The Hall–Kier alpha value is -0.770. The lowest BCUT2D eigenvalue weighted by Gasteiger charge is -2.30.